The lowest BCUT2D eigenvalue weighted by Crippen LogP contribution is -2.30. The minimum atomic E-state index is -0.377. The van der Waals surface area contributed by atoms with E-state index in [2.05, 4.69) is 4.90 Å². The molecule has 0 aromatic heterocycles. The maximum Gasteiger partial charge on any atom is 0.165 e. The number of nitrogens with zero attached hydrogens (tertiary/aromatic N) is 1. The van der Waals surface area contributed by atoms with Gasteiger partial charge in [-0.15, -0.1) is 0 Å². The van der Waals surface area contributed by atoms with Crippen molar-refractivity contribution in [1.29, 1.82) is 0 Å². The molecule has 0 bridgehead atoms. The highest BCUT2D eigenvalue weighted by Gasteiger charge is 2.25. The first-order valence-electron chi connectivity index (χ1n) is 7.92. The summed E-state index contributed by atoms with van der Waals surface area (Å²) in [5.41, 5.74) is 1.08. The molecule has 0 radical (unpaired) electrons. The Morgan fingerprint density at radius 3 is 2.65 bits per heavy atom. The molecule has 1 atom stereocenters. The Kier molecular flexibility index (Phi) is 4.60. The van der Waals surface area contributed by atoms with Crippen LogP contribution in [-0.4, -0.2) is 18.4 Å². The second-order valence-corrected chi connectivity index (χ2v) is 5.92. The summed E-state index contributed by atoms with van der Waals surface area (Å²) < 4.78 is 19.2. The largest absolute Gasteiger partial charge is 0.454 e. The summed E-state index contributed by atoms with van der Waals surface area (Å²) in [5, 5.41) is 0. The van der Waals surface area contributed by atoms with E-state index in [-0.39, 0.29) is 23.4 Å². The van der Waals surface area contributed by atoms with Gasteiger partial charge in [0.05, 0.1) is 0 Å². The quantitative estimate of drug-likeness (QED) is 0.810. The number of rotatable bonds is 5. The minimum Gasteiger partial charge on any atom is -0.454 e. The van der Waals surface area contributed by atoms with E-state index in [9.17, 15) is 9.18 Å². The van der Waals surface area contributed by atoms with Gasteiger partial charge in [-0.05, 0) is 56.2 Å². The highest BCUT2D eigenvalue weighted by Crippen LogP contribution is 2.30. The first-order chi connectivity index (χ1) is 11.1. The zero-order valence-corrected chi connectivity index (χ0v) is 13.2. The smallest absolute Gasteiger partial charge is 0.165 e. The molecule has 1 fully saturated rings. The van der Waals surface area contributed by atoms with E-state index >= 15 is 0 Å². The fourth-order valence-electron chi connectivity index (χ4n) is 3.08. The Labute approximate surface area is 135 Å². The summed E-state index contributed by atoms with van der Waals surface area (Å²) in [7, 11) is 0. The molecule has 2 aromatic carbocycles. The average molecular weight is 313 g/mol. The number of anilines is 1. The van der Waals surface area contributed by atoms with E-state index in [0.29, 0.717) is 12.2 Å². The Morgan fingerprint density at radius 2 is 1.96 bits per heavy atom. The zero-order chi connectivity index (χ0) is 16.2. The molecule has 4 heteroatoms. The van der Waals surface area contributed by atoms with E-state index in [4.69, 9.17) is 4.74 Å². The van der Waals surface area contributed by atoms with Crippen molar-refractivity contribution in [3.63, 3.8) is 0 Å². The number of para-hydroxylation sites is 1. The first-order valence-corrected chi connectivity index (χ1v) is 7.92. The van der Waals surface area contributed by atoms with Crippen molar-refractivity contribution in [3.05, 3.63) is 54.3 Å². The van der Waals surface area contributed by atoms with E-state index in [1.54, 1.807) is 25.1 Å². The monoisotopic (exact) mass is 313 g/mol. The maximum absolute atomic E-state index is 13.6. The molecule has 23 heavy (non-hydrogen) atoms. The van der Waals surface area contributed by atoms with E-state index < -0.39 is 0 Å². The molecule has 1 heterocycles. The molecule has 0 saturated carbocycles. The lowest BCUT2D eigenvalue weighted by molar-refractivity contribution is -0.117. The van der Waals surface area contributed by atoms with Crippen molar-refractivity contribution in [2.45, 2.75) is 32.2 Å². The molecule has 1 aliphatic heterocycles. The topological polar surface area (TPSA) is 29.5 Å². The number of ketones is 1. The number of hydrogen-bond acceptors (Lipinski definition) is 3. The predicted octanol–water partition coefficient (Wildman–Crippen LogP) is 4.57. The molecule has 1 saturated heterocycles. The molecule has 120 valence electrons. The minimum absolute atomic E-state index is 0.218. The van der Waals surface area contributed by atoms with Gasteiger partial charge in [0.1, 0.15) is 11.5 Å². The Morgan fingerprint density at radius 1 is 1.22 bits per heavy atom. The van der Waals surface area contributed by atoms with Gasteiger partial charge in [0.15, 0.2) is 11.6 Å². The van der Waals surface area contributed by atoms with E-state index in [1.165, 1.54) is 6.07 Å². The van der Waals surface area contributed by atoms with Crippen molar-refractivity contribution in [2.24, 2.45) is 0 Å². The number of ether oxygens (including phenoxy) is 1. The van der Waals surface area contributed by atoms with Gasteiger partial charge < -0.3 is 9.64 Å². The highest BCUT2D eigenvalue weighted by atomic mass is 19.1. The van der Waals surface area contributed by atoms with Gasteiger partial charge in [0.25, 0.3) is 0 Å². The Bertz CT molecular complexity index is 684. The predicted molar refractivity (Wildman–Crippen MR) is 88.6 cm³/mol. The molecule has 0 aliphatic carbocycles. The van der Waals surface area contributed by atoms with Crippen LogP contribution in [0.1, 0.15) is 26.2 Å². The summed E-state index contributed by atoms with van der Waals surface area (Å²) in [6, 6.07) is 14.2. The second-order valence-electron chi connectivity index (χ2n) is 5.92. The zero-order valence-electron chi connectivity index (χ0n) is 13.2. The maximum atomic E-state index is 13.6. The summed E-state index contributed by atoms with van der Waals surface area (Å²) in [6.45, 7) is 2.60. The third-order valence-corrected chi connectivity index (χ3v) is 4.13. The SMILES string of the molecule is CC(=O)CC1CCCN1c1ccc(Oc2ccccc2F)cc1. The van der Waals surface area contributed by atoms with Gasteiger partial charge in [-0.1, -0.05) is 12.1 Å². The number of carbonyl (C=O) groups is 1. The third kappa shape index (κ3) is 3.70. The van der Waals surface area contributed by atoms with Crippen LogP contribution in [0.2, 0.25) is 0 Å². The fourth-order valence-corrected chi connectivity index (χ4v) is 3.08. The van der Waals surface area contributed by atoms with Crippen LogP contribution in [0, 0.1) is 5.82 Å². The molecule has 1 unspecified atom stereocenters. The molecule has 2 aromatic rings. The summed E-state index contributed by atoms with van der Waals surface area (Å²) >= 11 is 0. The average Bonchev–Trinajstić information content (AvgIpc) is 2.98. The first kappa shape index (κ1) is 15.5. The second kappa shape index (κ2) is 6.82. The molecule has 3 rings (SSSR count). The van der Waals surface area contributed by atoms with Crippen molar-refractivity contribution < 1.29 is 13.9 Å². The number of Topliss-reactive ketones (excluding diaryl/α,β-unsaturated/α-hetero) is 1. The molecule has 0 N–H and O–H groups in total. The van der Waals surface area contributed by atoms with Gasteiger partial charge in [0.2, 0.25) is 0 Å². The summed E-state index contributed by atoms with van der Waals surface area (Å²) in [5.74, 6) is 0.663. The van der Waals surface area contributed by atoms with E-state index in [1.807, 2.05) is 24.3 Å². The molecule has 0 spiro atoms. The van der Waals surface area contributed by atoms with Crippen LogP contribution < -0.4 is 9.64 Å². The van der Waals surface area contributed by atoms with Crippen LogP contribution >= 0.6 is 0 Å². The van der Waals surface area contributed by atoms with Crippen LogP contribution in [0.25, 0.3) is 0 Å². The van der Waals surface area contributed by atoms with Crippen molar-refractivity contribution >= 4 is 11.5 Å². The van der Waals surface area contributed by atoms with Crippen molar-refractivity contribution in [2.75, 3.05) is 11.4 Å². The van der Waals surface area contributed by atoms with Crippen LogP contribution in [0.3, 0.4) is 0 Å². The normalized spacial score (nSPS) is 17.3. The van der Waals surface area contributed by atoms with Crippen LogP contribution in [-0.2, 0) is 4.79 Å². The van der Waals surface area contributed by atoms with Crippen LogP contribution in [0.5, 0.6) is 11.5 Å². The fraction of sp³-hybridized carbons (Fsp3) is 0.316. The number of halogens is 1. The van der Waals surface area contributed by atoms with Gasteiger partial charge in [-0.25, -0.2) is 4.39 Å². The molecule has 0 amide bonds. The highest BCUT2D eigenvalue weighted by molar-refractivity contribution is 5.77. The van der Waals surface area contributed by atoms with Gasteiger partial charge in [-0.3, -0.25) is 4.79 Å². The lowest BCUT2D eigenvalue weighted by Gasteiger charge is -2.26. The molecular formula is C19H20FNO2. The number of carbonyl (C=O) groups excluding carboxylic acids is 1. The standard InChI is InChI=1S/C19H20FNO2/c1-14(22)13-16-5-4-12-21(16)15-8-10-17(11-9-15)23-19-7-3-2-6-18(19)20/h2-3,6-11,16H,4-5,12-13H2,1H3. The van der Waals surface area contributed by atoms with E-state index in [0.717, 1.165) is 25.1 Å². The van der Waals surface area contributed by atoms with Gasteiger partial charge >= 0.3 is 0 Å². The Balaban J connectivity index is 1.72. The molecule has 3 nitrogen and oxygen atoms in total. The van der Waals surface area contributed by atoms with Crippen molar-refractivity contribution in [3.8, 4) is 11.5 Å². The molecular weight excluding hydrogens is 293 g/mol. The van der Waals surface area contributed by atoms with Gasteiger partial charge in [-0.2, -0.15) is 0 Å². The number of benzene rings is 2. The van der Waals surface area contributed by atoms with Crippen LogP contribution in [0.15, 0.2) is 48.5 Å². The van der Waals surface area contributed by atoms with Gasteiger partial charge in [0, 0.05) is 24.7 Å². The molecule has 1 aliphatic rings. The summed E-state index contributed by atoms with van der Waals surface area (Å²) in [6.07, 6.45) is 2.74. The third-order valence-electron chi connectivity index (χ3n) is 4.13. The Hall–Kier alpha value is -2.36. The summed E-state index contributed by atoms with van der Waals surface area (Å²) in [4.78, 5) is 13.7. The van der Waals surface area contributed by atoms with Crippen LogP contribution in [0.4, 0.5) is 10.1 Å². The lowest BCUT2D eigenvalue weighted by atomic mass is 10.1. The van der Waals surface area contributed by atoms with Crippen molar-refractivity contribution in [1.82, 2.24) is 0 Å². The number of hydrogen-bond donors (Lipinski definition) is 0.